The van der Waals surface area contributed by atoms with Crippen LogP contribution in [-0.4, -0.2) is 35.3 Å². The molecule has 0 saturated carbocycles. The maximum atomic E-state index is 12.7. The van der Waals surface area contributed by atoms with Crippen LogP contribution in [0.4, 0.5) is 10.5 Å². The number of imide groups is 1. The minimum atomic E-state index is -0.650. The number of hydrogen-bond acceptors (Lipinski definition) is 5. The van der Waals surface area contributed by atoms with Gasteiger partial charge >= 0.3 is 12.0 Å². The van der Waals surface area contributed by atoms with Crippen LogP contribution in [0, 0.1) is 6.92 Å². The van der Waals surface area contributed by atoms with E-state index in [-0.39, 0.29) is 17.8 Å². The van der Waals surface area contributed by atoms with Crippen LogP contribution in [0.1, 0.15) is 27.0 Å². The summed E-state index contributed by atoms with van der Waals surface area (Å²) in [6, 6.07) is 22.3. The number of hydrogen-bond donors (Lipinski definition) is 2. The zero-order chi connectivity index (χ0) is 24.8. The monoisotopic (exact) mass is 469 g/mol. The van der Waals surface area contributed by atoms with Gasteiger partial charge in [0.05, 0.1) is 12.1 Å². The largest absolute Gasteiger partial charge is 0.452 e. The zero-order valence-corrected chi connectivity index (χ0v) is 19.0. The van der Waals surface area contributed by atoms with E-state index in [1.807, 2.05) is 49.4 Å². The molecule has 0 unspecified atom stereocenters. The first-order valence-electron chi connectivity index (χ1n) is 10.9. The predicted molar refractivity (Wildman–Crippen MR) is 130 cm³/mol. The number of rotatable bonds is 7. The highest BCUT2D eigenvalue weighted by molar-refractivity contribution is 6.13. The van der Waals surface area contributed by atoms with E-state index in [4.69, 9.17) is 4.74 Å². The summed E-state index contributed by atoms with van der Waals surface area (Å²) in [6.45, 7) is 1.69. The third-order valence-corrected chi connectivity index (χ3v) is 5.27. The van der Waals surface area contributed by atoms with Gasteiger partial charge in [0.1, 0.15) is 5.70 Å². The van der Waals surface area contributed by atoms with E-state index in [2.05, 4.69) is 10.6 Å². The van der Waals surface area contributed by atoms with Gasteiger partial charge in [-0.2, -0.15) is 0 Å². The smallest absolute Gasteiger partial charge is 0.338 e. The molecule has 0 aromatic heterocycles. The highest BCUT2D eigenvalue weighted by Gasteiger charge is 2.33. The van der Waals surface area contributed by atoms with Gasteiger partial charge in [-0.25, -0.2) is 9.59 Å². The van der Waals surface area contributed by atoms with Crippen molar-refractivity contribution in [1.82, 2.24) is 10.2 Å². The zero-order valence-electron chi connectivity index (χ0n) is 19.0. The Morgan fingerprint density at radius 3 is 2.31 bits per heavy atom. The number of carbonyl (C=O) groups is 4. The van der Waals surface area contributed by atoms with Crippen molar-refractivity contribution in [2.75, 3.05) is 11.9 Å². The number of nitrogens with zero attached hydrogens (tertiary/aromatic N) is 1. The first kappa shape index (κ1) is 23.4. The fourth-order valence-corrected chi connectivity index (χ4v) is 3.41. The second kappa shape index (κ2) is 10.5. The van der Waals surface area contributed by atoms with E-state index in [1.54, 1.807) is 24.3 Å². The van der Waals surface area contributed by atoms with Crippen molar-refractivity contribution in [3.8, 4) is 0 Å². The van der Waals surface area contributed by atoms with Gasteiger partial charge in [0.15, 0.2) is 6.61 Å². The quantitative estimate of drug-likeness (QED) is 0.310. The molecule has 3 aromatic rings. The molecule has 1 heterocycles. The second-order valence-electron chi connectivity index (χ2n) is 7.98. The molecule has 4 rings (SSSR count). The van der Waals surface area contributed by atoms with Crippen molar-refractivity contribution in [2.45, 2.75) is 13.5 Å². The Bertz CT molecular complexity index is 1280. The Morgan fingerprint density at radius 2 is 1.63 bits per heavy atom. The van der Waals surface area contributed by atoms with E-state index in [9.17, 15) is 19.2 Å². The standard InChI is InChI=1S/C27H23N3O5/c1-18-7-13-22(14-8-18)28-24(31)17-35-26(33)21-11-9-19(10-12-21)15-23-25(32)30(27(34)29-23)16-20-5-3-2-4-6-20/h2-15H,16-17H2,1H3,(H,28,31)(H,29,34)/b23-15-. The van der Waals surface area contributed by atoms with Crippen molar-refractivity contribution in [3.05, 3.63) is 107 Å². The molecular formula is C27H23N3O5. The Balaban J connectivity index is 1.33. The van der Waals surface area contributed by atoms with Crippen LogP contribution in [-0.2, 0) is 20.9 Å². The molecule has 0 aliphatic carbocycles. The molecule has 176 valence electrons. The Kier molecular flexibility index (Phi) is 7.02. The maximum absolute atomic E-state index is 12.7. The normalized spacial score (nSPS) is 14.1. The van der Waals surface area contributed by atoms with Gasteiger partial charge in [-0.05, 0) is 48.4 Å². The van der Waals surface area contributed by atoms with Crippen LogP contribution < -0.4 is 10.6 Å². The fraction of sp³-hybridized carbons (Fsp3) is 0.111. The highest BCUT2D eigenvalue weighted by atomic mass is 16.5. The fourth-order valence-electron chi connectivity index (χ4n) is 3.41. The van der Waals surface area contributed by atoms with Crippen LogP contribution >= 0.6 is 0 Å². The van der Waals surface area contributed by atoms with Gasteiger partial charge in [0.25, 0.3) is 11.8 Å². The molecule has 1 aliphatic rings. The van der Waals surface area contributed by atoms with Crippen LogP contribution in [0.15, 0.2) is 84.6 Å². The van der Waals surface area contributed by atoms with Crippen molar-refractivity contribution in [2.24, 2.45) is 0 Å². The lowest BCUT2D eigenvalue weighted by Crippen LogP contribution is -2.30. The predicted octanol–water partition coefficient (Wildman–Crippen LogP) is 3.88. The molecule has 8 heteroatoms. The summed E-state index contributed by atoms with van der Waals surface area (Å²) in [6.07, 6.45) is 1.54. The molecule has 1 saturated heterocycles. The number of urea groups is 1. The number of carbonyl (C=O) groups excluding carboxylic acids is 4. The topological polar surface area (TPSA) is 105 Å². The molecule has 0 bridgehead atoms. The van der Waals surface area contributed by atoms with E-state index in [1.165, 1.54) is 18.2 Å². The molecule has 4 amide bonds. The van der Waals surface area contributed by atoms with Crippen molar-refractivity contribution < 1.29 is 23.9 Å². The molecule has 8 nitrogen and oxygen atoms in total. The summed E-state index contributed by atoms with van der Waals surface area (Å²) >= 11 is 0. The average molecular weight is 469 g/mol. The van der Waals surface area contributed by atoms with Gasteiger partial charge < -0.3 is 15.4 Å². The molecule has 3 aromatic carbocycles. The summed E-state index contributed by atoms with van der Waals surface area (Å²) in [5.74, 6) is -1.52. The first-order chi connectivity index (χ1) is 16.9. The highest BCUT2D eigenvalue weighted by Crippen LogP contribution is 2.17. The summed E-state index contributed by atoms with van der Waals surface area (Å²) in [5, 5.41) is 5.24. The van der Waals surface area contributed by atoms with E-state index in [0.717, 1.165) is 16.0 Å². The van der Waals surface area contributed by atoms with Crippen LogP contribution in [0.2, 0.25) is 0 Å². The molecule has 1 aliphatic heterocycles. The van der Waals surface area contributed by atoms with Gasteiger partial charge in [0, 0.05) is 5.69 Å². The van der Waals surface area contributed by atoms with Crippen LogP contribution in [0.5, 0.6) is 0 Å². The summed E-state index contributed by atoms with van der Waals surface area (Å²) in [4.78, 5) is 50.3. The number of nitrogens with one attached hydrogen (secondary N) is 2. The van der Waals surface area contributed by atoms with Gasteiger partial charge in [-0.3, -0.25) is 14.5 Å². The molecule has 0 spiro atoms. The van der Waals surface area contributed by atoms with Gasteiger partial charge in [-0.1, -0.05) is 60.2 Å². The lowest BCUT2D eigenvalue weighted by Gasteiger charge is -2.11. The van der Waals surface area contributed by atoms with Crippen molar-refractivity contribution >= 4 is 35.6 Å². The van der Waals surface area contributed by atoms with Crippen molar-refractivity contribution in [1.29, 1.82) is 0 Å². The average Bonchev–Trinajstić information content (AvgIpc) is 3.12. The Morgan fingerprint density at radius 1 is 0.943 bits per heavy atom. The number of benzene rings is 3. The number of aryl methyl sites for hydroxylation is 1. The number of anilines is 1. The van der Waals surface area contributed by atoms with Gasteiger partial charge in [0.2, 0.25) is 0 Å². The molecule has 1 fully saturated rings. The molecule has 0 radical (unpaired) electrons. The number of amides is 4. The first-order valence-corrected chi connectivity index (χ1v) is 10.9. The second-order valence-corrected chi connectivity index (χ2v) is 7.98. The number of ether oxygens (including phenoxy) is 1. The molecule has 0 atom stereocenters. The van der Waals surface area contributed by atoms with E-state index < -0.39 is 30.4 Å². The SMILES string of the molecule is Cc1ccc(NC(=O)COC(=O)c2ccc(/C=C3\NC(=O)N(Cc4ccccc4)C3=O)cc2)cc1. The van der Waals surface area contributed by atoms with Crippen LogP contribution in [0.3, 0.4) is 0 Å². The molecular weight excluding hydrogens is 446 g/mol. The third-order valence-electron chi connectivity index (χ3n) is 5.27. The maximum Gasteiger partial charge on any atom is 0.338 e. The number of esters is 1. The summed E-state index contributed by atoms with van der Waals surface area (Å²) in [7, 11) is 0. The Labute approximate surface area is 202 Å². The summed E-state index contributed by atoms with van der Waals surface area (Å²) < 4.78 is 5.08. The minimum Gasteiger partial charge on any atom is -0.452 e. The minimum absolute atomic E-state index is 0.147. The van der Waals surface area contributed by atoms with Gasteiger partial charge in [-0.15, -0.1) is 0 Å². The summed E-state index contributed by atoms with van der Waals surface area (Å²) in [5.41, 5.74) is 3.54. The molecule has 2 N–H and O–H groups in total. The van der Waals surface area contributed by atoms with Crippen LogP contribution in [0.25, 0.3) is 6.08 Å². The lowest BCUT2D eigenvalue weighted by atomic mass is 10.1. The van der Waals surface area contributed by atoms with E-state index in [0.29, 0.717) is 11.3 Å². The molecule has 35 heavy (non-hydrogen) atoms. The third kappa shape index (κ3) is 6.00. The van der Waals surface area contributed by atoms with Crippen molar-refractivity contribution in [3.63, 3.8) is 0 Å². The lowest BCUT2D eigenvalue weighted by molar-refractivity contribution is -0.123. The van der Waals surface area contributed by atoms with E-state index >= 15 is 0 Å². The Hall–Kier alpha value is -4.72.